The monoisotopic (exact) mass is 347 g/mol. The summed E-state index contributed by atoms with van der Waals surface area (Å²) in [5.74, 6) is 3.20. The van der Waals surface area contributed by atoms with Gasteiger partial charge in [0.25, 0.3) is 0 Å². The van der Waals surface area contributed by atoms with E-state index >= 15 is 0 Å². The highest BCUT2D eigenvalue weighted by molar-refractivity contribution is 5.90. The predicted molar refractivity (Wildman–Crippen MR) is 107 cm³/mol. The normalized spacial score (nSPS) is 20.1. The van der Waals surface area contributed by atoms with Crippen LogP contribution in [0.1, 0.15) is 32.6 Å². The summed E-state index contributed by atoms with van der Waals surface area (Å²) in [6, 6.07) is 16.6. The Morgan fingerprint density at radius 1 is 0.962 bits per heavy atom. The number of para-hydroxylation sites is 1. The zero-order chi connectivity index (χ0) is 17.9. The van der Waals surface area contributed by atoms with E-state index in [1.165, 1.54) is 25.7 Å². The molecule has 134 valence electrons. The molecule has 1 fully saturated rings. The number of nitrogens with zero attached hydrogens (tertiary/aromatic N) is 2. The molecule has 1 aromatic heterocycles. The zero-order valence-corrected chi connectivity index (χ0v) is 15.4. The number of hydrogen-bond donors (Lipinski definition) is 1. The highest BCUT2D eigenvalue weighted by Gasteiger charge is 2.22. The van der Waals surface area contributed by atoms with Crippen molar-refractivity contribution in [2.45, 2.75) is 38.6 Å². The fourth-order valence-corrected chi connectivity index (χ4v) is 3.76. The molecular weight excluding hydrogens is 322 g/mol. The molecule has 26 heavy (non-hydrogen) atoms. The summed E-state index contributed by atoms with van der Waals surface area (Å²) in [7, 11) is 1.68. The van der Waals surface area contributed by atoms with Crippen molar-refractivity contribution in [3.63, 3.8) is 0 Å². The molecule has 3 aromatic rings. The van der Waals surface area contributed by atoms with Crippen molar-refractivity contribution in [2.24, 2.45) is 5.92 Å². The van der Waals surface area contributed by atoms with Gasteiger partial charge in [-0.25, -0.2) is 9.97 Å². The first kappa shape index (κ1) is 16.8. The van der Waals surface area contributed by atoms with Gasteiger partial charge < -0.3 is 10.1 Å². The maximum atomic E-state index is 5.26. The van der Waals surface area contributed by atoms with Crippen LogP contribution in [0, 0.1) is 5.92 Å². The molecule has 0 amide bonds. The standard InChI is InChI=1S/C22H25N3O/c1-15-7-3-5-9-19(15)23-22-18-8-4-6-10-20(18)24-21(25-22)16-11-13-17(26-2)14-12-16/h4,6,8,10-15,19H,3,5,7,9H2,1-2H3,(H,23,24,25). The van der Waals surface area contributed by atoms with Gasteiger partial charge in [-0.1, -0.05) is 31.9 Å². The Hall–Kier alpha value is -2.62. The predicted octanol–water partition coefficient (Wildman–Crippen LogP) is 5.30. The van der Waals surface area contributed by atoms with Crippen molar-refractivity contribution in [2.75, 3.05) is 12.4 Å². The number of ether oxygens (including phenoxy) is 1. The number of anilines is 1. The van der Waals surface area contributed by atoms with Crippen LogP contribution in [-0.2, 0) is 0 Å². The smallest absolute Gasteiger partial charge is 0.162 e. The molecule has 4 nitrogen and oxygen atoms in total. The number of fused-ring (bicyclic) bond motifs is 1. The number of nitrogens with one attached hydrogen (secondary N) is 1. The fourth-order valence-electron chi connectivity index (χ4n) is 3.76. The number of methoxy groups -OCH3 is 1. The molecule has 1 aliphatic carbocycles. The Balaban J connectivity index is 1.75. The van der Waals surface area contributed by atoms with Gasteiger partial charge in [-0.3, -0.25) is 0 Å². The molecule has 1 heterocycles. The topological polar surface area (TPSA) is 47.0 Å². The number of aromatic nitrogens is 2. The van der Waals surface area contributed by atoms with Crippen LogP contribution in [-0.4, -0.2) is 23.1 Å². The van der Waals surface area contributed by atoms with Crippen LogP contribution >= 0.6 is 0 Å². The molecule has 0 bridgehead atoms. The molecular formula is C22H25N3O. The third-order valence-corrected chi connectivity index (χ3v) is 5.39. The highest BCUT2D eigenvalue weighted by atomic mass is 16.5. The van der Waals surface area contributed by atoms with E-state index < -0.39 is 0 Å². The van der Waals surface area contributed by atoms with Crippen LogP contribution in [0.2, 0.25) is 0 Å². The first-order valence-electron chi connectivity index (χ1n) is 9.42. The van der Waals surface area contributed by atoms with Crippen LogP contribution in [0.3, 0.4) is 0 Å². The Morgan fingerprint density at radius 3 is 2.50 bits per heavy atom. The van der Waals surface area contributed by atoms with Gasteiger partial charge in [0.2, 0.25) is 0 Å². The molecule has 1 aliphatic rings. The van der Waals surface area contributed by atoms with E-state index in [0.29, 0.717) is 12.0 Å². The minimum absolute atomic E-state index is 0.478. The lowest BCUT2D eigenvalue weighted by Crippen LogP contribution is -2.30. The van der Waals surface area contributed by atoms with Crippen molar-refractivity contribution in [3.8, 4) is 17.1 Å². The van der Waals surface area contributed by atoms with Gasteiger partial charge in [0.15, 0.2) is 5.82 Å². The summed E-state index contributed by atoms with van der Waals surface area (Å²) in [5, 5.41) is 4.82. The Kier molecular flexibility index (Phi) is 4.74. The first-order chi connectivity index (χ1) is 12.7. The van der Waals surface area contributed by atoms with Crippen LogP contribution in [0.25, 0.3) is 22.3 Å². The summed E-state index contributed by atoms with van der Waals surface area (Å²) < 4.78 is 5.26. The zero-order valence-electron chi connectivity index (χ0n) is 15.4. The summed E-state index contributed by atoms with van der Waals surface area (Å²) in [4.78, 5) is 9.67. The van der Waals surface area contributed by atoms with Gasteiger partial charge in [-0.15, -0.1) is 0 Å². The molecule has 0 spiro atoms. The number of rotatable bonds is 4. The van der Waals surface area contributed by atoms with Crippen molar-refractivity contribution >= 4 is 16.7 Å². The molecule has 2 unspecified atom stereocenters. The lowest BCUT2D eigenvalue weighted by molar-refractivity contribution is 0.349. The molecule has 1 saturated carbocycles. The van der Waals surface area contributed by atoms with Crippen molar-refractivity contribution in [3.05, 3.63) is 48.5 Å². The summed E-state index contributed by atoms with van der Waals surface area (Å²) in [6.45, 7) is 2.34. The number of hydrogen-bond acceptors (Lipinski definition) is 4. The molecule has 0 radical (unpaired) electrons. The van der Waals surface area contributed by atoms with Crippen molar-refractivity contribution in [1.29, 1.82) is 0 Å². The second kappa shape index (κ2) is 7.32. The van der Waals surface area contributed by atoms with E-state index in [1.54, 1.807) is 7.11 Å². The molecule has 0 saturated heterocycles. The summed E-state index contributed by atoms with van der Waals surface area (Å²) in [6.07, 6.45) is 5.11. The van der Waals surface area contributed by atoms with E-state index in [4.69, 9.17) is 14.7 Å². The Morgan fingerprint density at radius 2 is 1.73 bits per heavy atom. The third-order valence-electron chi connectivity index (χ3n) is 5.39. The maximum Gasteiger partial charge on any atom is 0.162 e. The minimum atomic E-state index is 0.478. The average Bonchev–Trinajstić information content (AvgIpc) is 2.69. The van der Waals surface area contributed by atoms with Gasteiger partial charge in [0, 0.05) is 17.0 Å². The summed E-state index contributed by atoms with van der Waals surface area (Å²) >= 11 is 0. The van der Waals surface area contributed by atoms with Crippen LogP contribution in [0.4, 0.5) is 5.82 Å². The molecule has 4 heteroatoms. The first-order valence-corrected chi connectivity index (χ1v) is 9.42. The summed E-state index contributed by atoms with van der Waals surface area (Å²) in [5.41, 5.74) is 1.97. The molecule has 2 atom stereocenters. The molecule has 2 aromatic carbocycles. The second-order valence-corrected chi connectivity index (χ2v) is 7.15. The van der Waals surface area contributed by atoms with Crippen molar-refractivity contribution in [1.82, 2.24) is 9.97 Å². The maximum absolute atomic E-state index is 5.26. The molecule has 0 aliphatic heterocycles. The fraction of sp³-hybridized carbons (Fsp3) is 0.364. The van der Waals surface area contributed by atoms with Crippen LogP contribution in [0.15, 0.2) is 48.5 Å². The SMILES string of the molecule is COc1ccc(-c2nc(NC3CCCCC3C)c3ccccc3n2)cc1. The van der Waals surface area contributed by atoms with Crippen LogP contribution in [0.5, 0.6) is 5.75 Å². The Labute approximate surface area is 154 Å². The lowest BCUT2D eigenvalue weighted by atomic mass is 9.86. The minimum Gasteiger partial charge on any atom is -0.497 e. The van der Waals surface area contributed by atoms with E-state index in [0.717, 1.165) is 33.9 Å². The van der Waals surface area contributed by atoms with Gasteiger partial charge >= 0.3 is 0 Å². The van der Waals surface area contributed by atoms with Gasteiger partial charge in [-0.05, 0) is 55.2 Å². The molecule has 1 N–H and O–H groups in total. The van der Waals surface area contributed by atoms with E-state index in [9.17, 15) is 0 Å². The van der Waals surface area contributed by atoms with E-state index in [-0.39, 0.29) is 0 Å². The van der Waals surface area contributed by atoms with Gasteiger partial charge in [0.1, 0.15) is 11.6 Å². The highest BCUT2D eigenvalue weighted by Crippen LogP contribution is 2.30. The lowest BCUT2D eigenvalue weighted by Gasteiger charge is -2.30. The van der Waals surface area contributed by atoms with E-state index in [1.807, 2.05) is 36.4 Å². The Bertz CT molecular complexity index is 892. The molecule has 4 rings (SSSR count). The third kappa shape index (κ3) is 3.36. The van der Waals surface area contributed by atoms with E-state index in [2.05, 4.69) is 24.4 Å². The van der Waals surface area contributed by atoms with Gasteiger partial charge in [0.05, 0.1) is 12.6 Å². The number of benzene rings is 2. The quantitative estimate of drug-likeness (QED) is 0.696. The van der Waals surface area contributed by atoms with Crippen molar-refractivity contribution < 1.29 is 4.74 Å². The van der Waals surface area contributed by atoms with Gasteiger partial charge in [-0.2, -0.15) is 0 Å². The second-order valence-electron chi connectivity index (χ2n) is 7.15. The van der Waals surface area contributed by atoms with Crippen LogP contribution < -0.4 is 10.1 Å². The largest absolute Gasteiger partial charge is 0.497 e. The average molecular weight is 347 g/mol.